The Morgan fingerprint density at radius 1 is 0.302 bits per heavy atom. The molecule has 1 heteroatoms. The molecule has 0 radical (unpaired) electrons. The summed E-state index contributed by atoms with van der Waals surface area (Å²) in [5.41, 5.74) is 7.59. The molecule has 0 atom stereocenters. The molecule has 0 N–H and O–H groups in total. The summed E-state index contributed by atoms with van der Waals surface area (Å²) < 4.78 is 2.69. The Labute approximate surface area is 254 Å². The van der Waals surface area contributed by atoms with Crippen molar-refractivity contribution in [1.82, 2.24) is 0 Å². The van der Waals surface area contributed by atoms with Gasteiger partial charge in [-0.25, -0.2) is 0 Å². The van der Waals surface area contributed by atoms with Crippen molar-refractivity contribution >= 4 is 63.8 Å². The molecule has 0 aliphatic heterocycles. The Bertz CT molecular complexity index is 2440. The lowest BCUT2D eigenvalue weighted by atomic mass is 9.85. The highest BCUT2D eigenvalue weighted by atomic mass is 32.1. The van der Waals surface area contributed by atoms with Crippen LogP contribution in [-0.4, -0.2) is 0 Å². The quantitative estimate of drug-likeness (QED) is 0.188. The zero-order valence-corrected chi connectivity index (χ0v) is 24.2. The molecule has 200 valence electrons. The lowest BCUT2D eigenvalue weighted by Gasteiger charge is -2.18. The van der Waals surface area contributed by atoms with Gasteiger partial charge in [-0.2, -0.15) is 0 Å². The van der Waals surface area contributed by atoms with Crippen LogP contribution >= 0.6 is 11.3 Å². The van der Waals surface area contributed by atoms with Crippen LogP contribution in [0.4, 0.5) is 0 Å². The van der Waals surface area contributed by atoms with Crippen LogP contribution in [0, 0.1) is 0 Å². The van der Waals surface area contributed by atoms with Crippen molar-refractivity contribution in [1.29, 1.82) is 0 Å². The molecule has 0 aliphatic rings. The van der Waals surface area contributed by atoms with E-state index in [2.05, 4.69) is 158 Å². The fourth-order valence-corrected chi connectivity index (χ4v) is 8.15. The molecule has 1 aromatic heterocycles. The predicted molar refractivity (Wildman–Crippen MR) is 188 cm³/mol. The average Bonchev–Trinajstić information content (AvgIpc) is 3.46. The van der Waals surface area contributed by atoms with E-state index < -0.39 is 0 Å². The molecule has 0 amide bonds. The maximum absolute atomic E-state index is 2.39. The summed E-state index contributed by atoms with van der Waals surface area (Å²) in [5.74, 6) is 0. The molecule has 1 heterocycles. The van der Waals surface area contributed by atoms with Gasteiger partial charge in [0.2, 0.25) is 0 Å². The van der Waals surface area contributed by atoms with Gasteiger partial charge in [0, 0.05) is 20.2 Å². The minimum absolute atomic E-state index is 1.24. The van der Waals surface area contributed by atoms with Crippen LogP contribution in [0.1, 0.15) is 0 Å². The summed E-state index contributed by atoms with van der Waals surface area (Å²) in [6.07, 6.45) is 0. The molecule has 0 saturated heterocycles. The van der Waals surface area contributed by atoms with E-state index in [0.717, 1.165) is 0 Å². The second-order valence-electron chi connectivity index (χ2n) is 11.2. The first-order valence-corrected chi connectivity index (χ1v) is 15.6. The normalized spacial score (nSPS) is 11.7. The third kappa shape index (κ3) is 3.75. The fraction of sp³-hybridized carbons (Fsp3) is 0. The average molecular weight is 563 g/mol. The summed E-state index contributed by atoms with van der Waals surface area (Å²) in [6.45, 7) is 0. The molecular weight excluding hydrogens is 537 g/mol. The van der Waals surface area contributed by atoms with Gasteiger partial charge in [-0.05, 0) is 83.9 Å². The Kier molecular flexibility index (Phi) is 5.47. The highest BCUT2D eigenvalue weighted by molar-refractivity contribution is 7.26. The summed E-state index contributed by atoms with van der Waals surface area (Å²) in [4.78, 5) is 0. The Morgan fingerprint density at radius 2 is 0.837 bits per heavy atom. The summed E-state index contributed by atoms with van der Waals surface area (Å²) >= 11 is 1.88. The minimum Gasteiger partial charge on any atom is -0.135 e. The van der Waals surface area contributed by atoms with Crippen molar-refractivity contribution in [2.75, 3.05) is 0 Å². The van der Waals surface area contributed by atoms with Crippen LogP contribution in [-0.2, 0) is 0 Å². The maximum atomic E-state index is 2.39. The third-order valence-corrected chi connectivity index (χ3v) is 9.99. The molecule has 0 nitrogen and oxygen atoms in total. The van der Waals surface area contributed by atoms with Gasteiger partial charge < -0.3 is 0 Å². The van der Waals surface area contributed by atoms with Crippen LogP contribution in [0.15, 0.2) is 158 Å². The molecule has 0 aliphatic carbocycles. The first-order chi connectivity index (χ1) is 21.3. The molecular formula is C42H26S. The standard InChI is InChI=1S/C42H26S/c1-2-12-27(13-3-1)40-33-16-4-6-18-35(33)41(36-19-7-5-17-34(36)40)29-15-10-14-28(26-29)30-21-11-22-32-31(30)24-25-39-42(32)37-20-8-9-23-38(37)43-39/h1-26H. The van der Waals surface area contributed by atoms with E-state index in [9.17, 15) is 0 Å². The zero-order chi connectivity index (χ0) is 28.3. The van der Waals surface area contributed by atoms with Gasteiger partial charge >= 0.3 is 0 Å². The van der Waals surface area contributed by atoms with E-state index in [-0.39, 0.29) is 0 Å². The first-order valence-electron chi connectivity index (χ1n) is 14.8. The first kappa shape index (κ1) is 24.4. The molecule has 9 aromatic rings. The number of benzene rings is 8. The van der Waals surface area contributed by atoms with E-state index in [1.54, 1.807) is 0 Å². The Hall–Kier alpha value is -5.24. The van der Waals surface area contributed by atoms with E-state index >= 15 is 0 Å². The largest absolute Gasteiger partial charge is 0.135 e. The van der Waals surface area contributed by atoms with Crippen LogP contribution in [0.2, 0.25) is 0 Å². The molecule has 8 aromatic carbocycles. The Morgan fingerprint density at radius 3 is 1.56 bits per heavy atom. The van der Waals surface area contributed by atoms with E-state index in [1.807, 2.05) is 11.3 Å². The highest BCUT2D eigenvalue weighted by Gasteiger charge is 2.17. The van der Waals surface area contributed by atoms with Gasteiger partial charge in [0.15, 0.2) is 0 Å². The SMILES string of the molecule is c1ccc(-c2c3ccccc3c(-c3cccc(-c4cccc5c4ccc4sc6ccccc6c45)c3)c3ccccc23)cc1. The summed E-state index contributed by atoms with van der Waals surface area (Å²) in [7, 11) is 0. The molecule has 0 fully saturated rings. The van der Waals surface area contributed by atoms with Crippen LogP contribution in [0.3, 0.4) is 0 Å². The van der Waals surface area contributed by atoms with Gasteiger partial charge in [-0.3, -0.25) is 0 Å². The highest BCUT2D eigenvalue weighted by Crippen LogP contribution is 2.45. The number of hydrogen-bond acceptors (Lipinski definition) is 1. The number of fused-ring (bicyclic) bond motifs is 7. The second kappa shape index (κ2) is 9.66. The Balaban J connectivity index is 1.31. The van der Waals surface area contributed by atoms with Gasteiger partial charge in [0.05, 0.1) is 0 Å². The van der Waals surface area contributed by atoms with Crippen molar-refractivity contribution in [3.63, 3.8) is 0 Å². The van der Waals surface area contributed by atoms with Crippen molar-refractivity contribution in [3.05, 3.63) is 158 Å². The van der Waals surface area contributed by atoms with Crippen LogP contribution < -0.4 is 0 Å². The lowest BCUT2D eigenvalue weighted by Crippen LogP contribution is -1.91. The van der Waals surface area contributed by atoms with Crippen molar-refractivity contribution in [2.45, 2.75) is 0 Å². The van der Waals surface area contributed by atoms with Crippen molar-refractivity contribution in [3.8, 4) is 33.4 Å². The minimum atomic E-state index is 1.24. The lowest BCUT2D eigenvalue weighted by molar-refractivity contribution is 1.63. The molecule has 43 heavy (non-hydrogen) atoms. The smallest absolute Gasteiger partial charge is 0.0361 e. The summed E-state index contributed by atoms with van der Waals surface area (Å²) in [5, 5.41) is 10.4. The predicted octanol–water partition coefficient (Wildman–Crippen LogP) is 12.5. The third-order valence-electron chi connectivity index (χ3n) is 8.86. The van der Waals surface area contributed by atoms with Crippen molar-refractivity contribution < 1.29 is 0 Å². The zero-order valence-electron chi connectivity index (χ0n) is 23.4. The summed E-state index contributed by atoms with van der Waals surface area (Å²) in [6, 6.07) is 57.9. The number of rotatable bonds is 3. The monoisotopic (exact) mass is 562 g/mol. The van der Waals surface area contributed by atoms with Gasteiger partial charge in [-0.15, -0.1) is 11.3 Å². The van der Waals surface area contributed by atoms with E-state index in [0.29, 0.717) is 0 Å². The van der Waals surface area contributed by atoms with Crippen LogP contribution in [0.5, 0.6) is 0 Å². The molecule has 0 spiro atoms. The molecule has 9 rings (SSSR count). The van der Waals surface area contributed by atoms with Crippen molar-refractivity contribution in [2.24, 2.45) is 0 Å². The van der Waals surface area contributed by atoms with E-state index in [1.165, 1.54) is 85.9 Å². The molecule has 0 bridgehead atoms. The van der Waals surface area contributed by atoms with E-state index in [4.69, 9.17) is 0 Å². The van der Waals surface area contributed by atoms with Crippen LogP contribution in [0.25, 0.3) is 85.9 Å². The molecule has 0 saturated carbocycles. The van der Waals surface area contributed by atoms with Gasteiger partial charge in [-0.1, -0.05) is 140 Å². The number of thiophene rings is 1. The second-order valence-corrected chi connectivity index (χ2v) is 12.3. The molecule has 0 unspecified atom stereocenters. The topological polar surface area (TPSA) is 0 Å². The van der Waals surface area contributed by atoms with Gasteiger partial charge in [0.1, 0.15) is 0 Å². The fourth-order valence-electron chi connectivity index (χ4n) is 7.03. The number of hydrogen-bond donors (Lipinski definition) is 0. The maximum Gasteiger partial charge on any atom is 0.0361 e. The van der Waals surface area contributed by atoms with Gasteiger partial charge in [0.25, 0.3) is 0 Å².